The molecular formula is C16H15FN2O3. The summed E-state index contributed by atoms with van der Waals surface area (Å²) in [5.41, 5.74) is 7.14. The zero-order chi connectivity index (χ0) is 16.1. The number of amides is 1. The lowest BCUT2D eigenvalue weighted by atomic mass is 10.2. The van der Waals surface area contributed by atoms with E-state index in [0.717, 1.165) is 0 Å². The average molecular weight is 302 g/mol. The summed E-state index contributed by atoms with van der Waals surface area (Å²) in [7, 11) is 0. The summed E-state index contributed by atoms with van der Waals surface area (Å²) in [6.45, 7) is 1.24. The van der Waals surface area contributed by atoms with Crippen molar-refractivity contribution in [1.82, 2.24) is 0 Å². The van der Waals surface area contributed by atoms with Crippen molar-refractivity contribution in [2.24, 2.45) is 0 Å². The predicted octanol–water partition coefficient (Wildman–Crippen LogP) is 2.51. The second-order valence-corrected chi connectivity index (χ2v) is 4.67. The highest BCUT2D eigenvalue weighted by Crippen LogP contribution is 2.16. The molecule has 0 fully saturated rings. The van der Waals surface area contributed by atoms with E-state index in [1.807, 2.05) is 0 Å². The van der Waals surface area contributed by atoms with Gasteiger partial charge in [0.05, 0.1) is 5.56 Å². The second-order valence-electron chi connectivity index (χ2n) is 4.67. The number of carbonyl (C=O) groups is 2. The molecule has 114 valence electrons. The molecule has 0 aliphatic carbocycles. The Kier molecular flexibility index (Phi) is 4.73. The van der Waals surface area contributed by atoms with Gasteiger partial charge in [-0.15, -0.1) is 0 Å². The molecule has 0 heterocycles. The first-order chi connectivity index (χ1) is 10.5. The van der Waals surface area contributed by atoms with Crippen LogP contribution in [0.3, 0.4) is 0 Å². The van der Waals surface area contributed by atoms with Crippen molar-refractivity contribution >= 4 is 23.3 Å². The molecule has 0 aromatic heterocycles. The molecular weight excluding hydrogens is 287 g/mol. The van der Waals surface area contributed by atoms with E-state index in [-0.39, 0.29) is 11.3 Å². The Morgan fingerprint density at radius 2 is 1.95 bits per heavy atom. The topological polar surface area (TPSA) is 81.4 Å². The smallest absolute Gasteiger partial charge is 0.340 e. The van der Waals surface area contributed by atoms with Gasteiger partial charge in [-0.2, -0.15) is 0 Å². The van der Waals surface area contributed by atoms with E-state index < -0.39 is 24.3 Å². The SMILES string of the molecule is Cc1ccc(F)cc1NC(=O)COC(=O)c1ccccc1N. The molecule has 0 radical (unpaired) electrons. The van der Waals surface area contributed by atoms with Crippen LogP contribution in [0.5, 0.6) is 0 Å². The third kappa shape index (κ3) is 3.82. The number of hydrogen-bond acceptors (Lipinski definition) is 4. The molecule has 0 aliphatic heterocycles. The Morgan fingerprint density at radius 3 is 2.68 bits per heavy atom. The normalized spacial score (nSPS) is 10.1. The van der Waals surface area contributed by atoms with Gasteiger partial charge in [-0.3, -0.25) is 4.79 Å². The molecule has 0 spiro atoms. The fraction of sp³-hybridized carbons (Fsp3) is 0.125. The van der Waals surface area contributed by atoms with Gasteiger partial charge < -0.3 is 15.8 Å². The summed E-state index contributed by atoms with van der Waals surface area (Å²) >= 11 is 0. The maximum absolute atomic E-state index is 13.1. The van der Waals surface area contributed by atoms with Crippen LogP contribution >= 0.6 is 0 Å². The first-order valence-electron chi connectivity index (χ1n) is 6.55. The van der Waals surface area contributed by atoms with Crippen molar-refractivity contribution in [3.05, 3.63) is 59.4 Å². The highest BCUT2D eigenvalue weighted by molar-refractivity contribution is 5.98. The summed E-state index contributed by atoms with van der Waals surface area (Å²) in [6.07, 6.45) is 0. The van der Waals surface area contributed by atoms with E-state index in [1.54, 1.807) is 31.2 Å². The minimum Gasteiger partial charge on any atom is -0.452 e. The van der Waals surface area contributed by atoms with E-state index in [9.17, 15) is 14.0 Å². The number of rotatable bonds is 4. The van der Waals surface area contributed by atoms with Crippen LogP contribution in [0, 0.1) is 12.7 Å². The average Bonchev–Trinajstić information content (AvgIpc) is 2.49. The monoisotopic (exact) mass is 302 g/mol. The quantitative estimate of drug-likeness (QED) is 0.671. The van der Waals surface area contributed by atoms with Crippen molar-refractivity contribution in [2.45, 2.75) is 6.92 Å². The maximum atomic E-state index is 13.1. The molecule has 3 N–H and O–H groups in total. The molecule has 2 aromatic carbocycles. The highest BCUT2D eigenvalue weighted by Gasteiger charge is 2.13. The van der Waals surface area contributed by atoms with Gasteiger partial charge in [-0.1, -0.05) is 18.2 Å². The molecule has 0 atom stereocenters. The summed E-state index contributed by atoms with van der Waals surface area (Å²) in [4.78, 5) is 23.6. The van der Waals surface area contributed by atoms with Gasteiger partial charge in [0.25, 0.3) is 5.91 Å². The highest BCUT2D eigenvalue weighted by atomic mass is 19.1. The number of nitrogens with two attached hydrogens (primary N) is 1. The van der Waals surface area contributed by atoms with Crippen LogP contribution in [0.4, 0.5) is 15.8 Å². The van der Waals surface area contributed by atoms with Crippen molar-refractivity contribution < 1.29 is 18.7 Å². The maximum Gasteiger partial charge on any atom is 0.340 e. The predicted molar refractivity (Wildman–Crippen MR) is 80.9 cm³/mol. The fourth-order valence-corrected chi connectivity index (χ4v) is 1.81. The number of halogens is 1. The van der Waals surface area contributed by atoms with Gasteiger partial charge in [0.2, 0.25) is 0 Å². The Morgan fingerprint density at radius 1 is 1.23 bits per heavy atom. The molecule has 0 bridgehead atoms. The van der Waals surface area contributed by atoms with Crippen LogP contribution < -0.4 is 11.1 Å². The van der Waals surface area contributed by atoms with Crippen LogP contribution in [0.2, 0.25) is 0 Å². The zero-order valence-electron chi connectivity index (χ0n) is 11.9. The van der Waals surface area contributed by atoms with Crippen molar-refractivity contribution in [3.63, 3.8) is 0 Å². The van der Waals surface area contributed by atoms with E-state index in [4.69, 9.17) is 10.5 Å². The summed E-state index contributed by atoms with van der Waals surface area (Å²) in [6, 6.07) is 10.4. The van der Waals surface area contributed by atoms with Gasteiger partial charge in [0.1, 0.15) is 5.82 Å². The van der Waals surface area contributed by atoms with E-state index >= 15 is 0 Å². The minimum atomic E-state index is -0.691. The van der Waals surface area contributed by atoms with Gasteiger partial charge >= 0.3 is 5.97 Å². The van der Waals surface area contributed by atoms with Gasteiger partial charge in [-0.05, 0) is 36.8 Å². The fourth-order valence-electron chi connectivity index (χ4n) is 1.81. The van der Waals surface area contributed by atoms with E-state index in [1.165, 1.54) is 18.2 Å². The number of nitrogens with one attached hydrogen (secondary N) is 1. The number of esters is 1. The van der Waals surface area contributed by atoms with Crippen LogP contribution in [0.15, 0.2) is 42.5 Å². The van der Waals surface area contributed by atoms with Crippen molar-refractivity contribution in [2.75, 3.05) is 17.7 Å². The molecule has 2 rings (SSSR count). The van der Waals surface area contributed by atoms with E-state index in [2.05, 4.69) is 5.32 Å². The lowest BCUT2D eigenvalue weighted by molar-refractivity contribution is -0.119. The zero-order valence-corrected chi connectivity index (χ0v) is 11.9. The molecule has 0 saturated carbocycles. The number of ether oxygens (including phenoxy) is 1. The van der Waals surface area contributed by atoms with Crippen molar-refractivity contribution in [3.8, 4) is 0 Å². The Labute approximate surface area is 126 Å². The molecule has 0 unspecified atom stereocenters. The minimum absolute atomic E-state index is 0.192. The molecule has 5 nitrogen and oxygen atoms in total. The Balaban J connectivity index is 1.94. The first-order valence-corrected chi connectivity index (χ1v) is 6.55. The molecule has 0 aliphatic rings. The molecule has 22 heavy (non-hydrogen) atoms. The number of anilines is 2. The second kappa shape index (κ2) is 6.71. The number of aryl methyl sites for hydroxylation is 1. The summed E-state index contributed by atoms with van der Waals surface area (Å²) in [5.74, 6) is -1.71. The van der Waals surface area contributed by atoms with E-state index in [0.29, 0.717) is 11.3 Å². The molecule has 0 saturated heterocycles. The third-order valence-electron chi connectivity index (χ3n) is 2.99. The number of benzene rings is 2. The Bertz CT molecular complexity index is 716. The standard InChI is InChI=1S/C16H15FN2O3/c1-10-6-7-11(17)8-14(10)19-15(20)9-22-16(21)12-4-2-3-5-13(12)18/h2-8H,9,18H2,1H3,(H,19,20). The number of nitrogen functional groups attached to an aromatic ring is 1. The van der Waals surface area contributed by atoms with Crippen LogP contribution in [0.25, 0.3) is 0 Å². The molecule has 2 aromatic rings. The largest absolute Gasteiger partial charge is 0.452 e. The third-order valence-corrected chi connectivity index (χ3v) is 2.99. The van der Waals surface area contributed by atoms with Gasteiger partial charge in [0.15, 0.2) is 6.61 Å². The lowest BCUT2D eigenvalue weighted by Gasteiger charge is -2.09. The Hall–Kier alpha value is -2.89. The van der Waals surface area contributed by atoms with Crippen LogP contribution in [0.1, 0.15) is 15.9 Å². The summed E-state index contributed by atoms with van der Waals surface area (Å²) < 4.78 is 18.0. The number of carbonyl (C=O) groups excluding carboxylic acids is 2. The first kappa shape index (κ1) is 15.5. The van der Waals surface area contributed by atoms with Crippen LogP contribution in [-0.4, -0.2) is 18.5 Å². The number of hydrogen-bond donors (Lipinski definition) is 2. The van der Waals surface area contributed by atoms with Gasteiger partial charge in [0, 0.05) is 11.4 Å². The van der Waals surface area contributed by atoms with Crippen molar-refractivity contribution in [1.29, 1.82) is 0 Å². The number of para-hydroxylation sites is 1. The van der Waals surface area contributed by atoms with Gasteiger partial charge in [-0.25, -0.2) is 9.18 Å². The lowest BCUT2D eigenvalue weighted by Crippen LogP contribution is -2.21. The molecule has 6 heteroatoms. The molecule has 1 amide bonds. The van der Waals surface area contributed by atoms with Crippen LogP contribution in [-0.2, 0) is 9.53 Å². The summed E-state index contributed by atoms with van der Waals surface area (Å²) in [5, 5.41) is 2.49.